The number of nitrogens with zero attached hydrogens (tertiary/aromatic N) is 2. The van der Waals surface area contributed by atoms with E-state index < -0.39 is 0 Å². The minimum Gasteiger partial charge on any atom is -0.308 e. The van der Waals surface area contributed by atoms with E-state index in [4.69, 9.17) is 0 Å². The molecule has 0 bridgehead atoms. The molecule has 0 aliphatic heterocycles. The number of benzene rings is 2. The van der Waals surface area contributed by atoms with Gasteiger partial charge in [0, 0.05) is 18.3 Å². The fourth-order valence-electron chi connectivity index (χ4n) is 1.91. The van der Waals surface area contributed by atoms with Crippen LogP contribution in [0.25, 0.3) is 11.1 Å². The van der Waals surface area contributed by atoms with Crippen molar-refractivity contribution >= 4 is 6.21 Å². The van der Waals surface area contributed by atoms with Crippen molar-refractivity contribution in [2.45, 2.75) is 0 Å². The molecule has 2 nitrogen and oxygen atoms in total. The van der Waals surface area contributed by atoms with E-state index in [9.17, 15) is 0 Å². The summed E-state index contributed by atoms with van der Waals surface area (Å²) in [5, 5.41) is 0. The molecule has 0 radical (unpaired) electrons. The van der Waals surface area contributed by atoms with Gasteiger partial charge in [-0.3, -0.25) is 4.99 Å². The van der Waals surface area contributed by atoms with Gasteiger partial charge in [-0.1, -0.05) is 54.6 Å². The molecule has 0 saturated heterocycles. The molecule has 0 aliphatic carbocycles. The van der Waals surface area contributed by atoms with Crippen LogP contribution in [0.4, 0.5) is 0 Å². The van der Waals surface area contributed by atoms with Gasteiger partial charge in [0.25, 0.3) is 0 Å². The van der Waals surface area contributed by atoms with Crippen LogP contribution in [0.3, 0.4) is 0 Å². The highest BCUT2D eigenvalue weighted by Crippen LogP contribution is 2.21. The van der Waals surface area contributed by atoms with Crippen LogP contribution in [-0.2, 0) is 0 Å². The first-order valence-electron chi connectivity index (χ1n) is 6.56. The summed E-state index contributed by atoms with van der Waals surface area (Å²) in [5.41, 5.74) is 3.64. The smallest absolute Gasteiger partial charge is 0.0516 e. The van der Waals surface area contributed by atoms with Gasteiger partial charge < -0.3 is 4.90 Å². The summed E-state index contributed by atoms with van der Waals surface area (Å²) >= 11 is 0. The zero-order valence-electron chi connectivity index (χ0n) is 11.6. The Balaban J connectivity index is 2.18. The summed E-state index contributed by atoms with van der Waals surface area (Å²) in [6.45, 7) is 1.81. The minimum atomic E-state index is 0.829. The Bertz CT molecular complexity index is 530. The normalized spacial score (nSPS) is 11.3. The molecule has 0 aromatic heterocycles. The van der Waals surface area contributed by atoms with Crippen LogP contribution in [0.2, 0.25) is 0 Å². The average Bonchev–Trinajstić information content (AvgIpc) is 2.45. The Hall–Kier alpha value is -1.93. The van der Waals surface area contributed by atoms with Crippen molar-refractivity contribution < 1.29 is 0 Å². The maximum atomic E-state index is 4.50. The Morgan fingerprint density at radius 3 is 2.37 bits per heavy atom. The minimum absolute atomic E-state index is 0.829. The Morgan fingerprint density at radius 1 is 0.947 bits per heavy atom. The van der Waals surface area contributed by atoms with Gasteiger partial charge in [-0.05, 0) is 25.2 Å². The molecule has 0 saturated carbocycles. The Morgan fingerprint density at radius 2 is 1.63 bits per heavy atom. The third-order valence-corrected chi connectivity index (χ3v) is 2.95. The van der Waals surface area contributed by atoms with Crippen molar-refractivity contribution in [2.75, 3.05) is 27.2 Å². The lowest BCUT2D eigenvalue weighted by molar-refractivity contribution is 0.421. The highest BCUT2D eigenvalue weighted by Gasteiger charge is 2.01. The summed E-state index contributed by atoms with van der Waals surface area (Å²) in [6, 6.07) is 18.8. The summed E-state index contributed by atoms with van der Waals surface area (Å²) in [4.78, 5) is 6.64. The van der Waals surface area contributed by atoms with Crippen LogP contribution in [0.1, 0.15) is 5.56 Å². The molecule has 0 spiro atoms. The topological polar surface area (TPSA) is 15.6 Å². The third kappa shape index (κ3) is 4.04. The van der Waals surface area contributed by atoms with Crippen molar-refractivity contribution in [2.24, 2.45) is 4.99 Å². The molecule has 2 aromatic carbocycles. The second-order valence-electron chi connectivity index (χ2n) is 4.79. The Labute approximate surface area is 115 Å². The molecule has 0 fully saturated rings. The van der Waals surface area contributed by atoms with Crippen LogP contribution in [0.5, 0.6) is 0 Å². The zero-order valence-corrected chi connectivity index (χ0v) is 11.6. The maximum absolute atomic E-state index is 4.50. The molecule has 0 atom stereocenters. The molecule has 2 aromatic rings. The van der Waals surface area contributed by atoms with E-state index in [1.807, 2.05) is 12.3 Å². The largest absolute Gasteiger partial charge is 0.308 e. The first kappa shape index (κ1) is 13.5. The molecule has 0 N–H and O–H groups in total. The molecule has 19 heavy (non-hydrogen) atoms. The third-order valence-electron chi connectivity index (χ3n) is 2.95. The van der Waals surface area contributed by atoms with Gasteiger partial charge in [0.15, 0.2) is 0 Å². The van der Waals surface area contributed by atoms with Crippen molar-refractivity contribution in [3.05, 3.63) is 60.2 Å². The summed E-state index contributed by atoms with van der Waals surface area (Å²) in [6.07, 6.45) is 1.98. The molecule has 0 unspecified atom stereocenters. The van der Waals surface area contributed by atoms with Gasteiger partial charge >= 0.3 is 0 Å². The van der Waals surface area contributed by atoms with Crippen LogP contribution >= 0.6 is 0 Å². The second kappa shape index (κ2) is 6.86. The van der Waals surface area contributed by atoms with Crippen LogP contribution in [-0.4, -0.2) is 38.3 Å². The molecule has 0 amide bonds. The predicted molar refractivity (Wildman–Crippen MR) is 82.9 cm³/mol. The lowest BCUT2D eigenvalue weighted by Crippen LogP contribution is -2.15. The molecule has 0 aliphatic rings. The van der Waals surface area contributed by atoms with E-state index in [1.165, 1.54) is 16.7 Å². The number of aliphatic imine (C=N–C) groups is 1. The lowest BCUT2D eigenvalue weighted by atomic mass is 10.0. The first-order chi connectivity index (χ1) is 9.27. The first-order valence-corrected chi connectivity index (χ1v) is 6.56. The fraction of sp³-hybridized carbons (Fsp3) is 0.235. The highest BCUT2D eigenvalue weighted by molar-refractivity contribution is 5.90. The summed E-state index contributed by atoms with van der Waals surface area (Å²) in [7, 11) is 4.13. The lowest BCUT2D eigenvalue weighted by Gasteiger charge is -2.07. The van der Waals surface area contributed by atoms with Gasteiger partial charge in [-0.25, -0.2) is 0 Å². The summed E-state index contributed by atoms with van der Waals surface area (Å²) in [5.74, 6) is 0. The van der Waals surface area contributed by atoms with E-state index in [0.29, 0.717) is 0 Å². The van der Waals surface area contributed by atoms with E-state index in [2.05, 4.69) is 72.5 Å². The van der Waals surface area contributed by atoms with Gasteiger partial charge in [-0.2, -0.15) is 0 Å². The zero-order chi connectivity index (χ0) is 13.5. The number of likely N-dealkylation sites (N-methyl/N-ethyl adjacent to an activating group) is 1. The monoisotopic (exact) mass is 252 g/mol. The van der Waals surface area contributed by atoms with Crippen LogP contribution in [0, 0.1) is 0 Å². The van der Waals surface area contributed by atoms with Crippen molar-refractivity contribution in [3.8, 4) is 11.1 Å². The number of rotatable bonds is 5. The van der Waals surface area contributed by atoms with E-state index in [1.54, 1.807) is 0 Å². The van der Waals surface area contributed by atoms with Gasteiger partial charge in [0.2, 0.25) is 0 Å². The molecular weight excluding hydrogens is 232 g/mol. The fourth-order valence-corrected chi connectivity index (χ4v) is 1.91. The molecule has 2 heteroatoms. The molecular formula is C17H20N2. The maximum Gasteiger partial charge on any atom is 0.0516 e. The number of hydrogen-bond acceptors (Lipinski definition) is 2. The molecule has 2 rings (SSSR count). The van der Waals surface area contributed by atoms with Crippen LogP contribution < -0.4 is 0 Å². The number of hydrogen-bond donors (Lipinski definition) is 0. The average molecular weight is 252 g/mol. The van der Waals surface area contributed by atoms with E-state index in [0.717, 1.165) is 13.1 Å². The highest BCUT2D eigenvalue weighted by atomic mass is 15.1. The van der Waals surface area contributed by atoms with Crippen molar-refractivity contribution in [1.82, 2.24) is 4.90 Å². The van der Waals surface area contributed by atoms with E-state index in [-0.39, 0.29) is 0 Å². The van der Waals surface area contributed by atoms with Gasteiger partial charge in [0.1, 0.15) is 0 Å². The molecule has 98 valence electrons. The van der Waals surface area contributed by atoms with E-state index >= 15 is 0 Å². The quantitative estimate of drug-likeness (QED) is 0.745. The second-order valence-corrected chi connectivity index (χ2v) is 4.79. The summed E-state index contributed by atoms with van der Waals surface area (Å²) < 4.78 is 0. The Kier molecular flexibility index (Phi) is 4.87. The van der Waals surface area contributed by atoms with Crippen LogP contribution in [0.15, 0.2) is 59.6 Å². The van der Waals surface area contributed by atoms with Crippen molar-refractivity contribution in [1.29, 1.82) is 0 Å². The standard InChI is InChI=1S/C17H20N2/c1-19(2)13-12-18-14-16-10-6-7-11-17(16)15-8-4-3-5-9-15/h3-11,14H,12-13H2,1-2H3. The van der Waals surface area contributed by atoms with Gasteiger partial charge in [-0.15, -0.1) is 0 Å². The molecule has 0 heterocycles. The van der Waals surface area contributed by atoms with Crippen molar-refractivity contribution in [3.63, 3.8) is 0 Å². The predicted octanol–water partition coefficient (Wildman–Crippen LogP) is 3.33. The van der Waals surface area contributed by atoms with Gasteiger partial charge in [0.05, 0.1) is 6.54 Å². The SMILES string of the molecule is CN(C)CCN=Cc1ccccc1-c1ccccc1.